The van der Waals surface area contributed by atoms with Crippen LogP contribution >= 0.6 is 0 Å². The molecule has 5 nitrogen and oxygen atoms in total. The first-order valence-corrected chi connectivity index (χ1v) is 12.7. The van der Waals surface area contributed by atoms with Gasteiger partial charge in [0, 0.05) is 33.6 Å². The second-order valence-corrected chi connectivity index (χ2v) is 10.7. The average Bonchev–Trinajstić information content (AvgIpc) is 3.53. The summed E-state index contributed by atoms with van der Waals surface area (Å²) < 4.78 is 21.6. The molecule has 6 heteroatoms. The molecular weight excluding hydrogens is 459 g/mol. The summed E-state index contributed by atoms with van der Waals surface area (Å²) in [4.78, 5) is 5.11. The molecule has 4 heterocycles. The Hall–Kier alpha value is -3.87. The SMILES string of the molecule is CC1(C)OB(c2cc(-c3nc4ccccn4c3-c3ccccc3)cc3c2oc2ccccc23)OC1(C)C. The van der Waals surface area contributed by atoms with Gasteiger partial charge in [-0.1, -0.05) is 54.6 Å². The fourth-order valence-corrected chi connectivity index (χ4v) is 5.20. The summed E-state index contributed by atoms with van der Waals surface area (Å²) in [7, 11) is -0.565. The van der Waals surface area contributed by atoms with Crippen LogP contribution in [-0.2, 0) is 9.31 Å². The second-order valence-electron chi connectivity index (χ2n) is 10.7. The number of pyridine rings is 1. The fraction of sp³-hybridized carbons (Fsp3) is 0.194. The normalized spacial score (nSPS) is 16.8. The third-order valence-electron chi connectivity index (χ3n) is 7.86. The maximum Gasteiger partial charge on any atom is 0.498 e. The van der Waals surface area contributed by atoms with Gasteiger partial charge < -0.3 is 13.7 Å². The molecule has 0 radical (unpaired) electrons. The molecule has 6 aromatic rings. The Bertz CT molecular complexity index is 1780. The molecule has 182 valence electrons. The molecular formula is C31H27BN2O3. The topological polar surface area (TPSA) is 48.9 Å². The molecule has 1 fully saturated rings. The summed E-state index contributed by atoms with van der Waals surface area (Å²) in [6.07, 6.45) is 2.06. The van der Waals surface area contributed by atoms with Crippen molar-refractivity contribution in [2.24, 2.45) is 0 Å². The van der Waals surface area contributed by atoms with Crippen LogP contribution in [0.4, 0.5) is 0 Å². The second kappa shape index (κ2) is 7.82. The van der Waals surface area contributed by atoms with Crippen LogP contribution < -0.4 is 5.46 Å². The zero-order valence-corrected chi connectivity index (χ0v) is 21.4. The van der Waals surface area contributed by atoms with Crippen molar-refractivity contribution in [1.29, 1.82) is 0 Å². The summed E-state index contributed by atoms with van der Waals surface area (Å²) in [5.74, 6) is 0. The minimum absolute atomic E-state index is 0.468. The van der Waals surface area contributed by atoms with Crippen molar-refractivity contribution in [3.8, 4) is 22.5 Å². The Kier molecular flexibility index (Phi) is 4.72. The highest BCUT2D eigenvalue weighted by Gasteiger charge is 2.52. The van der Waals surface area contributed by atoms with Crippen molar-refractivity contribution < 1.29 is 13.7 Å². The van der Waals surface area contributed by atoms with Gasteiger partial charge in [-0.05, 0) is 58.0 Å². The third-order valence-corrected chi connectivity index (χ3v) is 7.86. The lowest BCUT2D eigenvalue weighted by molar-refractivity contribution is 0.00578. The Balaban J connectivity index is 1.54. The molecule has 0 unspecified atom stereocenters. The van der Waals surface area contributed by atoms with Crippen LogP contribution in [-0.4, -0.2) is 27.7 Å². The number of nitrogens with zero attached hydrogens (tertiary/aromatic N) is 2. The van der Waals surface area contributed by atoms with Gasteiger partial charge in [0.15, 0.2) is 0 Å². The third kappa shape index (κ3) is 3.36. The summed E-state index contributed by atoms with van der Waals surface area (Å²) in [5.41, 5.74) is 6.50. The summed E-state index contributed by atoms with van der Waals surface area (Å²) >= 11 is 0. The summed E-state index contributed by atoms with van der Waals surface area (Å²) in [6, 6.07) is 28.9. The van der Waals surface area contributed by atoms with E-state index in [9.17, 15) is 0 Å². The van der Waals surface area contributed by atoms with Gasteiger partial charge in [0.1, 0.15) is 16.8 Å². The summed E-state index contributed by atoms with van der Waals surface area (Å²) in [6.45, 7) is 8.29. The standard InChI is InChI=1S/C31H27BN2O3/c1-30(2)31(3,4)37-32(36-30)24-19-21(18-23-22-14-8-9-15-25(22)35-29(23)24)27-28(20-12-6-5-7-13-20)34-17-11-10-16-26(34)33-27/h5-19H,1-4H3. The first-order chi connectivity index (χ1) is 17.8. The summed E-state index contributed by atoms with van der Waals surface area (Å²) in [5, 5.41) is 2.08. The number of aromatic nitrogens is 2. The number of fused-ring (bicyclic) bond motifs is 4. The van der Waals surface area contributed by atoms with Crippen molar-refractivity contribution >= 4 is 40.2 Å². The molecule has 7 rings (SSSR count). The van der Waals surface area contributed by atoms with Gasteiger partial charge >= 0.3 is 7.12 Å². The molecule has 3 aromatic carbocycles. The maximum atomic E-state index is 6.51. The van der Waals surface area contributed by atoms with Crippen molar-refractivity contribution in [3.05, 3.63) is 91.1 Å². The fourth-order valence-electron chi connectivity index (χ4n) is 5.20. The molecule has 1 aliphatic rings. The molecule has 0 atom stereocenters. The Labute approximate surface area is 215 Å². The lowest BCUT2D eigenvalue weighted by Gasteiger charge is -2.32. The Morgan fingerprint density at radius 2 is 1.43 bits per heavy atom. The molecule has 0 amide bonds. The number of benzene rings is 3. The van der Waals surface area contributed by atoms with E-state index in [4.69, 9.17) is 18.7 Å². The van der Waals surface area contributed by atoms with E-state index in [0.717, 1.165) is 55.6 Å². The van der Waals surface area contributed by atoms with Crippen molar-refractivity contribution in [3.63, 3.8) is 0 Å². The number of rotatable bonds is 3. The highest BCUT2D eigenvalue weighted by Crippen LogP contribution is 2.40. The van der Waals surface area contributed by atoms with Gasteiger partial charge in [0.05, 0.1) is 22.6 Å². The van der Waals surface area contributed by atoms with Crippen molar-refractivity contribution in [1.82, 2.24) is 9.38 Å². The Morgan fingerprint density at radius 3 is 2.22 bits per heavy atom. The van der Waals surface area contributed by atoms with E-state index in [2.05, 4.69) is 80.8 Å². The smallest absolute Gasteiger partial charge is 0.456 e. The molecule has 0 bridgehead atoms. The molecule has 3 aromatic heterocycles. The molecule has 0 N–H and O–H groups in total. The zero-order valence-electron chi connectivity index (χ0n) is 21.4. The largest absolute Gasteiger partial charge is 0.498 e. The molecule has 1 saturated heterocycles. The van der Waals surface area contributed by atoms with Crippen LogP contribution in [0.1, 0.15) is 27.7 Å². The minimum atomic E-state index is -0.565. The van der Waals surface area contributed by atoms with Crippen LogP contribution in [0.5, 0.6) is 0 Å². The average molecular weight is 486 g/mol. The van der Waals surface area contributed by atoms with Crippen LogP contribution in [0.2, 0.25) is 0 Å². The van der Waals surface area contributed by atoms with Crippen molar-refractivity contribution in [2.75, 3.05) is 0 Å². The number of furan rings is 1. The van der Waals surface area contributed by atoms with E-state index in [0.29, 0.717) is 0 Å². The first kappa shape index (κ1) is 22.3. The number of hydrogen-bond acceptors (Lipinski definition) is 4. The van der Waals surface area contributed by atoms with Gasteiger partial charge in [-0.25, -0.2) is 4.98 Å². The monoisotopic (exact) mass is 486 g/mol. The first-order valence-electron chi connectivity index (χ1n) is 12.7. The number of hydrogen-bond donors (Lipinski definition) is 0. The van der Waals surface area contributed by atoms with E-state index in [1.54, 1.807) is 0 Å². The minimum Gasteiger partial charge on any atom is -0.456 e. The Morgan fingerprint density at radius 1 is 0.730 bits per heavy atom. The molecule has 0 saturated carbocycles. The molecule has 0 spiro atoms. The van der Waals surface area contributed by atoms with Crippen LogP contribution in [0.3, 0.4) is 0 Å². The van der Waals surface area contributed by atoms with Gasteiger partial charge in [0.2, 0.25) is 0 Å². The highest BCUT2D eigenvalue weighted by molar-refractivity contribution is 6.65. The lowest BCUT2D eigenvalue weighted by atomic mass is 9.76. The predicted octanol–water partition coefficient (Wildman–Crippen LogP) is 6.87. The van der Waals surface area contributed by atoms with Gasteiger partial charge in [-0.15, -0.1) is 0 Å². The van der Waals surface area contributed by atoms with Gasteiger partial charge in [0.25, 0.3) is 0 Å². The van der Waals surface area contributed by atoms with E-state index in [1.807, 2.05) is 42.5 Å². The maximum absolute atomic E-state index is 6.51. The van der Waals surface area contributed by atoms with Crippen molar-refractivity contribution in [2.45, 2.75) is 38.9 Å². The molecule has 0 aliphatic carbocycles. The van der Waals surface area contributed by atoms with E-state index >= 15 is 0 Å². The molecule has 37 heavy (non-hydrogen) atoms. The van der Waals surface area contributed by atoms with Gasteiger partial charge in [-0.2, -0.15) is 0 Å². The predicted molar refractivity (Wildman–Crippen MR) is 149 cm³/mol. The lowest BCUT2D eigenvalue weighted by Crippen LogP contribution is -2.41. The van der Waals surface area contributed by atoms with Crippen LogP contribution in [0.25, 0.3) is 50.1 Å². The van der Waals surface area contributed by atoms with E-state index in [-0.39, 0.29) is 0 Å². The van der Waals surface area contributed by atoms with E-state index in [1.165, 1.54) is 0 Å². The molecule has 1 aliphatic heterocycles. The van der Waals surface area contributed by atoms with Crippen LogP contribution in [0, 0.1) is 0 Å². The van der Waals surface area contributed by atoms with Crippen LogP contribution in [0.15, 0.2) is 95.5 Å². The zero-order chi connectivity index (χ0) is 25.4. The van der Waals surface area contributed by atoms with Gasteiger partial charge in [-0.3, -0.25) is 4.40 Å². The number of para-hydroxylation sites is 1. The quantitative estimate of drug-likeness (QED) is 0.256. The number of imidazole rings is 1. The highest BCUT2D eigenvalue weighted by atomic mass is 16.7. The van der Waals surface area contributed by atoms with E-state index < -0.39 is 18.3 Å².